The Morgan fingerprint density at radius 2 is 1.96 bits per heavy atom. The first-order valence-electron chi connectivity index (χ1n) is 7.64. The molecule has 0 aliphatic carbocycles. The third-order valence-corrected chi connectivity index (χ3v) is 4.29. The molecule has 0 aromatic heterocycles. The highest BCUT2D eigenvalue weighted by Crippen LogP contribution is 2.25. The minimum Gasteiger partial charge on any atom is -0.496 e. The predicted molar refractivity (Wildman–Crippen MR) is 97.5 cm³/mol. The smallest absolute Gasteiger partial charge is 0.261 e. The molecule has 0 radical (unpaired) electrons. The number of rotatable bonds is 3. The minimum absolute atomic E-state index is 0.139. The Morgan fingerprint density at radius 1 is 1.24 bits per heavy atom. The van der Waals surface area contributed by atoms with Gasteiger partial charge < -0.3 is 4.74 Å². The number of ether oxygens (including phenoxy) is 1. The topological polar surface area (TPSA) is 79.8 Å². The monoisotopic (exact) mass is 401 g/mol. The van der Waals surface area contributed by atoms with Gasteiger partial charge in [-0.3, -0.25) is 20.2 Å². The number of benzene rings is 2. The summed E-state index contributed by atoms with van der Waals surface area (Å²) in [7, 11) is 1.50. The Bertz CT molecular complexity index is 834. The fourth-order valence-corrected chi connectivity index (χ4v) is 2.80. The SMILES string of the molecule is COc1ccccc1C(=O)NC1=N[C@H](c2ccc(Br)cc2)CC(=O)N1. The van der Waals surface area contributed by atoms with E-state index in [-0.39, 0.29) is 24.3 Å². The molecule has 0 saturated carbocycles. The van der Waals surface area contributed by atoms with Gasteiger partial charge in [0.15, 0.2) is 0 Å². The van der Waals surface area contributed by atoms with Gasteiger partial charge in [0.2, 0.25) is 11.9 Å². The molecule has 2 N–H and O–H groups in total. The van der Waals surface area contributed by atoms with Crippen LogP contribution in [0.25, 0.3) is 0 Å². The second-order valence-corrected chi connectivity index (χ2v) is 6.37. The Morgan fingerprint density at radius 3 is 2.68 bits per heavy atom. The van der Waals surface area contributed by atoms with Gasteiger partial charge in [-0.25, -0.2) is 4.99 Å². The van der Waals surface area contributed by atoms with E-state index in [1.807, 2.05) is 24.3 Å². The van der Waals surface area contributed by atoms with Crippen LogP contribution in [-0.2, 0) is 4.79 Å². The third-order valence-electron chi connectivity index (χ3n) is 3.76. The van der Waals surface area contributed by atoms with Crippen molar-refractivity contribution >= 4 is 33.7 Å². The van der Waals surface area contributed by atoms with Crippen molar-refractivity contribution < 1.29 is 14.3 Å². The molecule has 0 spiro atoms. The maximum Gasteiger partial charge on any atom is 0.261 e. The van der Waals surface area contributed by atoms with Gasteiger partial charge in [-0.15, -0.1) is 0 Å². The van der Waals surface area contributed by atoms with Crippen LogP contribution in [0.1, 0.15) is 28.4 Å². The molecule has 3 rings (SSSR count). The van der Waals surface area contributed by atoms with E-state index in [2.05, 4.69) is 31.6 Å². The van der Waals surface area contributed by atoms with Gasteiger partial charge in [0, 0.05) is 4.47 Å². The molecule has 2 aromatic carbocycles. The number of methoxy groups -OCH3 is 1. The molecular formula is C18H16BrN3O3. The minimum atomic E-state index is -0.395. The number of nitrogens with one attached hydrogen (secondary N) is 2. The summed E-state index contributed by atoms with van der Waals surface area (Å²) in [6.07, 6.45) is 0.232. The van der Waals surface area contributed by atoms with Gasteiger partial charge >= 0.3 is 0 Å². The average Bonchev–Trinajstić information content (AvgIpc) is 2.61. The van der Waals surface area contributed by atoms with Crippen molar-refractivity contribution in [2.24, 2.45) is 4.99 Å². The number of halogens is 1. The molecule has 0 fully saturated rings. The van der Waals surface area contributed by atoms with Crippen LogP contribution in [0, 0.1) is 0 Å². The number of hydrogen-bond acceptors (Lipinski definition) is 4. The van der Waals surface area contributed by atoms with Crippen LogP contribution < -0.4 is 15.4 Å². The molecule has 1 aliphatic rings. The predicted octanol–water partition coefficient (Wildman–Crippen LogP) is 2.80. The zero-order valence-corrected chi connectivity index (χ0v) is 15.0. The first kappa shape index (κ1) is 17.2. The second-order valence-electron chi connectivity index (χ2n) is 5.45. The molecule has 2 aromatic rings. The lowest BCUT2D eigenvalue weighted by Crippen LogP contribution is -2.47. The Labute approximate surface area is 153 Å². The Hall–Kier alpha value is -2.67. The maximum atomic E-state index is 12.5. The summed E-state index contributed by atoms with van der Waals surface area (Å²) in [5, 5.41) is 5.24. The van der Waals surface area contributed by atoms with E-state index in [4.69, 9.17) is 4.74 Å². The van der Waals surface area contributed by atoms with Crippen LogP contribution in [0.4, 0.5) is 0 Å². The Kier molecular flexibility index (Phi) is 5.14. The molecule has 7 heteroatoms. The van der Waals surface area contributed by atoms with Crippen LogP contribution in [-0.4, -0.2) is 24.9 Å². The summed E-state index contributed by atoms with van der Waals surface area (Å²) in [4.78, 5) is 28.9. The molecule has 0 unspecified atom stereocenters. The van der Waals surface area contributed by atoms with Crippen LogP contribution in [0.15, 0.2) is 58.0 Å². The number of aliphatic imine (C=N–C) groups is 1. The van der Waals surface area contributed by atoms with Gasteiger partial charge in [-0.05, 0) is 29.8 Å². The normalized spacial score (nSPS) is 16.6. The fraction of sp³-hybridized carbons (Fsp3) is 0.167. The fourth-order valence-electron chi connectivity index (χ4n) is 2.54. The standard InChI is InChI=1S/C18H16BrN3O3/c1-25-15-5-3-2-4-13(15)17(24)22-18-20-14(10-16(23)21-18)11-6-8-12(19)9-7-11/h2-9,14H,10H2,1H3,(H2,20,21,22,23,24)/t14-/m0/s1. The number of nitrogens with zero attached hydrogens (tertiary/aromatic N) is 1. The van der Waals surface area contributed by atoms with E-state index >= 15 is 0 Å². The summed E-state index contributed by atoms with van der Waals surface area (Å²) >= 11 is 3.38. The average molecular weight is 402 g/mol. The van der Waals surface area contributed by atoms with E-state index in [0.717, 1.165) is 10.0 Å². The summed E-state index contributed by atoms with van der Waals surface area (Å²) in [6.45, 7) is 0. The first-order chi connectivity index (χ1) is 12.1. The number of para-hydroxylation sites is 1. The number of carbonyl (C=O) groups excluding carboxylic acids is 2. The van der Waals surface area contributed by atoms with E-state index in [0.29, 0.717) is 11.3 Å². The molecule has 25 heavy (non-hydrogen) atoms. The van der Waals surface area contributed by atoms with Crippen molar-refractivity contribution in [3.8, 4) is 5.75 Å². The van der Waals surface area contributed by atoms with Crippen molar-refractivity contribution in [1.29, 1.82) is 0 Å². The second kappa shape index (κ2) is 7.48. The lowest BCUT2D eigenvalue weighted by atomic mass is 10.0. The van der Waals surface area contributed by atoms with E-state index in [1.165, 1.54) is 7.11 Å². The van der Waals surface area contributed by atoms with Gasteiger partial charge in [0.05, 0.1) is 25.1 Å². The summed E-state index contributed by atoms with van der Waals surface area (Å²) < 4.78 is 6.14. The van der Waals surface area contributed by atoms with E-state index < -0.39 is 5.91 Å². The lowest BCUT2D eigenvalue weighted by Gasteiger charge is -2.21. The van der Waals surface area contributed by atoms with Crippen LogP contribution >= 0.6 is 15.9 Å². The molecular weight excluding hydrogens is 386 g/mol. The molecule has 1 heterocycles. The van der Waals surface area contributed by atoms with Gasteiger partial charge in [0.25, 0.3) is 5.91 Å². The molecule has 6 nitrogen and oxygen atoms in total. The summed E-state index contributed by atoms with van der Waals surface area (Å²) in [5.74, 6) is -0.00141. The van der Waals surface area contributed by atoms with Gasteiger partial charge in [0.1, 0.15) is 5.75 Å². The van der Waals surface area contributed by atoms with Crippen molar-refractivity contribution in [1.82, 2.24) is 10.6 Å². The number of guanidine groups is 1. The van der Waals surface area contributed by atoms with E-state index in [9.17, 15) is 9.59 Å². The van der Waals surface area contributed by atoms with Crippen molar-refractivity contribution in [2.45, 2.75) is 12.5 Å². The van der Waals surface area contributed by atoms with Crippen molar-refractivity contribution in [3.05, 3.63) is 64.1 Å². The molecule has 128 valence electrons. The quantitative estimate of drug-likeness (QED) is 0.829. The molecule has 1 aliphatic heterocycles. The Balaban J connectivity index is 1.82. The van der Waals surface area contributed by atoms with Crippen molar-refractivity contribution in [2.75, 3.05) is 7.11 Å². The highest BCUT2D eigenvalue weighted by atomic mass is 79.9. The molecule has 0 bridgehead atoms. The van der Waals surface area contributed by atoms with Crippen LogP contribution in [0.3, 0.4) is 0 Å². The molecule has 0 saturated heterocycles. The van der Waals surface area contributed by atoms with E-state index in [1.54, 1.807) is 24.3 Å². The lowest BCUT2D eigenvalue weighted by molar-refractivity contribution is -0.120. The van der Waals surface area contributed by atoms with Crippen molar-refractivity contribution in [3.63, 3.8) is 0 Å². The number of amides is 2. The van der Waals surface area contributed by atoms with Crippen LogP contribution in [0.5, 0.6) is 5.75 Å². The highest BCUT2D eigenvalue weighted by molar-refractivity contribution is 9.10. The largest absolute Gasteiger partial charge is 0.496 e. The number of carbonyl (C=O) groups is 2. The van der Waals surface area contributed by atoms with Crippen LogP contribution in [0.2, 0.25) is 0 Å². The van der Waals surface area contributed by atoms with Gasteiger partial charge in [-0.1, -0.05) is 40.2 Å². The highest BCUT2D eigenvalue weighted by Gasteiger charge is 2.24. The maximum absolute atomic E-state index is 12.5. The summed E-state index contributed by atoms with van der Waals surface area (Å²) in [5.41, 5.74) is 1.27. The molecule has 2 amide bonds. The van der Waals surface area contributed by atoms with Gasteiger partial charge in [-0.2, -0.15) is 0 Å². The third kappa shape index (κ3) is 4.06. The summed E-state index contributed by atoms with van der Waals surface area (Å²) in [6, 6.07) is 14.1. The zero-order valence-electron chi connectivity index (χ0n) is 13.5. The first-order valence-corrected chi connectivity index (χ1v) is 8.43. The zero-order chi connectivity index (χ0) is 17.8. The number of hydrogen-bond donors (Lipinski definition) is 2. The molecule has 1 atom stereocenters.